The van der Waals surface area contributed by atoms with Crippen molar-refractivity contribution >= 4 is 41.8 Å². The first-order valence-electron chi connectivity index (χ1n) is 9.14. The lowest BCUT2D eigenvalue weighted by Crippen LogP contribution is -2.41. The van der Waals surface area contributed by atoms with Crippen molar-refractivity contribution in [3.05, 3.63) is 16.8 Å². The van der Waals surface area contributed by atoms with Crippen LogP contribution in [0.5, 0.6) is 5.88 Å². The van der Waals surface area contributed by atoms with Crippen LogP contribution in [0, 0.1) is 19.8 Å². The van der Waals surface area contributed by atoms with Crippen LogP contribution in [0.3, 0.4) is 0 Å². The Morgan fingerprint density at radius 3 is 2.46 bits per heavy atom. The van der Waals surface area contributed by atoms with Crippen LogP contribution in [0.15, 0.2) is 0 Å². The molecule has 0 saturated carbocycles. The van der Waals surface area contributed by atoms with Gasteiger partial charge in [0, 0.05) is 31.7 Å². The first kappa shape index (κ1) is 26.4. The molecule has 1 unspecified atom stereocenters. The Hall–Kier alpha value is -1.57. The number of aryl methyl sites for hydroxylation is 3. The van der Waals surface area contributed by atoms with Gasteiger partial charge in [-0.1, -0.05) is 13.8 Å². The highest BCUT2D eigenvalue weighted by molar-refractivity contribution is 5.86. The number of nitrogens with two attached hydrogens (primary N) is 1. The molecule has 0 saturated heterocycles. The summed E-state index contributed by atoms with van der Waals surface area (Å²) in [7, 11) is 3.46. The summed E-state index contributed by atoms with van der Waals surface area (Å²) < 4.78 is 7.11. The van der Waals surface area contributed by atoms with Crippen molar-refractivity contribution in [2.75, 3.05) is 13.7 Å². The monoisotopic (exact) mass is 433 g/mol. The fraction of sp³-hybridized carbons (Fsp3) is 0.632. The highest BCUT2D eigenvalue weighted by Gasteiger charge is 2.19. The smallest absolute Gasteiger partial charge is 0.242 e. The highest BCUT2D eigenvalue weighted by atomic mass is 35.5. The summed E-state index contributed by atoms with van der Waals surface area (Å²) in [6.07, 6.45) is 1.93. The van der Waals surface area contributed by atoms with E-state index in [-0.39, 0.29) is 36.8 Å². The Labute approximate surface area is 179 Å². The van der Waals surface area contributed by atoms with Crippen LogP contribution in [0.25, 0.3) is 11.0 Å². The summed E-state index contributed by atoms with van der Waals surface area (Å²) in [5.41, 5.74) is 9.64. The molecule has 0 spiro atoms. The molecule has 1 atom stereocenters. The summed E-state index contributed by atoms with van der Waals surface area (Å²) in [6.45, 7) is 8.73. The summed E-state index contributed by atoms with van der Waals surface area (Å²) in [5, 5.41) is 8.32. The maximum absolute atomic E-state index is 12.4. The number of fused-ring (bicyclic) bond motifs is 1. The summed E-state index contributed by atoms with van der Waals surface area (Å²) >= 11 is 0. The van der Waals surface area contributed by atoms with Crippen molar-refractivity contribution < 1.29 is 9.53 Å². The molecular weight excluding hydrogens is 401 g/mol. The molecule has 0 bridgehead atoms. The minimum atomic E-state index is 0. The Morgan fingerprint density at radius 1 is 1.29 bits per heavy atom. The molecule has 160 valence electrons. The van der Waals surface area contributed by atoms with E-state index >= 15 is 0 Å². The molecular formula is C19H33Cl2N5O2. The van der Waals surface area contributed by atoms with E-state index in [0.29, 0.717) is 31.2 Å². The predicted octanol–water partition coefficient (Wildman–Crippen LogP) is 2.86. The number of hydrogen-bond donors (Lipinski definition) is 2. The zero-order valence-corrected chi connectivity index (χ0v) is 19.2. The van der Waals surface area contributed by atoms with Crippen molar-refractivity contribution in [3.63, 3.8) is 0 Å². The van der Waals surface area contributed by atoms with Crippen molar-refractivity contribution in [1.29, 1.82) is 0 Å². The molecule has 2 heterocycles. The lowest BCUT2D eigenvalue weighted by Gasteiger charge is -2.19. The van der Waals surface area contributed by atoms with Gasteiger partial charge in [-0.25, -0.2) is 9.67 Å². The Bertz CT molecular complexity index is 792. The number of carbonyl (C=O) groups is 1. The average molecular weight is 434 g/mol. The number of ether oxygens (including phenoxy) is 1. The highest BCUT2D eigenvalue weighted by Crippen LogP contribution is 2.30. The van der Waals surface area contributed by atoms with Crippen LogP contribution >= 0.6 is 24.8 Å². The molecule has 28 heavy (non-hydrogen) atoms. The van der Waals surface area contributed by atoms with E-state index < -0.39 is 0 Å². The van der Waals surface area contributed by atoms with Gasteiger partial charge in [0.2, 0.25) is 11.8 Å². The van der Waals surface area contributed by atoms with E-state index in [1.807, 2.05) is 20.9 Å². The summed E-state index contributed by atoms with van der Waals surface area (Å²) in [4.78, 5) is 17.0. The van der Waals surface area contributed by atoms with Gasteiger partial charge in [0.25, 0.3) is 0 Å². The van der Waals surface area contributed by atoms with Gasteiger partial charge in [-0.3, -0.25) is 4.79 Å². The number of halogens is 2. The molecule has 0 aliphatic carbocycles. The SMILES string of the molecule is COc1nn(C)c2nc(C)c(CCC(=O)NC(CN)CC(C)C)c(C)c12.Cl.Cl. The van der Waals surface area contributed by atoms with E-state index in [1.54, 1.807) is 11.8 Å². The molecule has 1 amide bonds. The van der Waals surface area contributed by atoms with E-state index in [1.165, 1.54) is 0 Å². The minimum Gasteiger partial charge on any atom is -0.479 e. The van der Waals surface area contributed by atoms with Crippen LogP contribution in [-0.2, 0) is 18.3 Å². The molecule has 0 fully saturated rings. The maximum atomic E-state index is 12.4. The van der Waals surface area contributed by atoms with Crippen molar-refractivity contribution in [1.82, 2.24) is 20.1 Å². The fourth-order valence-electron chi connectivity index (χ4n) is 3.43. The molecule has 7 nitrogen and oxygen atoms in total. The second kappa shape index (κ2) is 11.4. The minimum absolute atomic E-state index is 0. The van der Waals surface area contributed by atoms with Gasteiger partial charge in [0.05, 0.1) is 12.5 Å². The van der Waals surface area contributed by atoms with Gasteiger partial charge in [-0.15, -0.1) is 29.9 Å². The van der Waals surface area contributed by atoms with E-state index in [4.69, 9.17) is 10.5 Å². The number of carbonyl (C=O) groups excluding carboxylic acids is 1. The number of nitrogens with zero attached hydrogens (tertiary/aromatic N) is 3. The van der Waals surface area contributed by atoms with Crippen LogP contribution in [0.4, 0.5) is 0 Å². The number of pyridine rings is 1. The lowest BCUT2D eigenvalue weighted by atomic mass is 9.99. The Kier molecular flexibility index (Phi) is 10.8. The predicted molar refractivity (Wildman–Crippen MR) is 118 cm³/mol. The van der Waals surface area contributed by atoms with Gasteiger partial charge >= 0.3 is 0 Å². The molecule has 2 aromatic rings. The molecule has 0 aromatic carbocycles. The number of hydrogen-bond acceptors (Lipinski definition) is 5. The van der Waals surface area contributed by atoms with E-state index in [2.05, 4.69) is 29.2 Å². The molecule has 0 aliphatic rings. The number of amides is 1. The van der Waals surface area contributed by atoms with E-state index in [0.717, 1.165) is 34.3 Å². The zero-order valence-electron chi connectivity index (χ0n) is 17.5. The van der Waals surface area contributed by atoms with Crippen LogP contribution in [0.1, 0.15) is 43.5 Å². The van der Waals surface area contributed by atoms with Crippen LogP contribution in [0.2, 0.25) is 0 Å². The molecule has 0 aliphatic heterocycles. The second-order valence-electron chi connectivity index (χ2n) is 7.26. The third-order valence-corrected chi connectivity index (χ3v) is 4.72. The molecule has 2 rings (SSSR count). The van der Waals surface area contributed by atoms with Crippen LogP contribution in [-0.4, -0.2) is 40.4 Å². The van der Waals surface area contributed by atoms with Gasteiger partial charge in [-0.2, -0.15) is 0 Å². The standard InChI is InChI=1S/C19H31N5O2.2ClH/c1-11(2)9-14(10-20)22-16(25)8-7-15-12(3)17-18(21-13(15)4)24(5)23-19(17)26-6;;/h11,14H,7-10,20H2,1-6H3,(H,22,25);2*1H. The molecule has 0 radical (unpaired) electrons. The zero-order chi connectivity index (χ0) is 19.4. The normalized spacial score (nSPS) is 11.7. The van der Waals surface area contributed by atoms with E-state index in [9.17, 15) is 4.79 Å². The maximum Gasteiger partial charge on any atom is 0.242 e. The van der Waals surface area contributed by atoms with Gasteiger partial charge in [0.1, 0.15) is 0 Å². The van der Waals surface area contributed by atoms with Crippen molar-refractivity contribution in [3.8, 4) is 5.88 Å². The third kappa shape index (κ3) is 5.96. The third-order valence-electron chi connectivity index (χ3n) is 4.72. The van der Waals surface area contributed by atoms with Crippen molar-refractivity contribution in [2.45, 2.75) is 53.0 Å². The number of rotatable bonds is 8. The van der Waals surface area contributed by atoms with Gasteiger partial charge in [-0.05, 0) is 43.7 Å². The summed E-state index contributed by atoms with van der Waals surface area (Å²) in [6, 6.07) is 0.0312. The molecule has 2 aromatic heterocycles. The largest absolute Gasteiger partial charge is 0.479 e. The molecule has 9 heteroatoms. The average Bonchev–Trinajstić information content (AvgIpc) is 2.89. The lowest BCUT2D eigenvalue weighted by molar-refractivity contribution is -0.121. The fourth-order valence-corrected chi connectivity index (χ4v) is 3.43. The van der Waals surface area contributed by atoms with Crippen LogP contribution < -0.4 is 15.8 Å². The topological polar surface area (TPSA) is 95.1 Å². The number of aromatic nitrogens is 3. The number of methoxy groups -OCH3 is 1. The van der Waals surface area contributed by atoms with Crippen molar-refractivity contribution in [2.24, 2.45) is 18.7 Å². The van der Waals surface area contributed by atoms with Gasteiger partial charge in [0.15, 0.2) is 5.65 Å². The summed E-state index contributed by atoms with van der Waals surface area (Å²) in [5.74, 6) is 1.09. The Balaban J connectivity index is 0.00000364. The second-order valence-corrected chi connectivity index (χ2v) is 7.26. The quantitative estimate of drug-likeness (QED) is 0.666. The first-order valence-corrected chi connectivity index (χ1v) is 9.14. The Morgan fingerprint density at radius 2 is 1.93 bits per heavy atom. The number of nitrogens with one attached hydrogen (secondary N) is 1. The molecule has 3 N–H and O–H groups in total. The first-order chi connectivity index (χ1) is 12.3. The van der Waals surface area contributed by atoms with Gasteiger partial charge < -0.3 is 15.8 Å².